The van der Waals surface area contributed by atoms with Crippen LogP contribution in [0.4, 0.5) is 40.8 Å². The van der Waals surface area contributed by atoms with Gasteiger partial charge in [-0.3, -0.25) is 0 Å². The zero-order valence-electron chi connectivity index (χ0n) is 125. The number of anilines is 4. The first-order chi connectivity index (χ1) is 87.5. The molecule has 0 bridgehead atoms. The minimum Gasteiger partial charge on any atom is -0.394 e. The van der Waals surface area contributed by atoms with Crippen molar-refractivity contribution >= 4 is 115 Å². The molecular weight excluding hydrogens is 1960 g/mol. The van der Waals surface area contributed by atoms with Crippen molar-refractivity contribution in [1.82, 2.24) is 99.8 Å². The van der Waals surface area contributed by atoms with Crippen molar-refractivity contribution in [3.63, 3.8) is 0 Å². The highest BCUT2D eigenvalue weighted by atomic mass is 32.2. The highest BCUT2D eigenvalue weighted by Crippen LogP contribution is 2.55. The topological polar surface area (TPSA) is 554 Å². The molecule has 8 saturated carbocycles. The monoisotopic (exact) mass is 2130 g/mol. The molecule has 8 heterocycles. The maximum absolute atomic E-state index is 14.8. The Bertz CT molecular complexity index is 9140. The SMILES string of the molecule is [2H]c1c([2H])c([C@@H]2C[C@@]2(C)Nc2nc(SCCC)nc3c2nnn3[C@]2([2H])C([2H])([2H])[C@]([2H])(OC([2H])([2H])CO)[C@@]([2H])(O)[C@@]2([2H])O)c([2H])c(F)c1C.[2H]c1c([2H])c([C@@H]2C[C@@]2([2H])Nc2nc(SCCC)nc3c2nnn3[C@]2([2H])C([2H])([2H])[C@]([2H])(OC([2H])([2H])C([2H])([2H])O)[C@@]([2H])(O)[C@@]2([2H])O)c([2H])c(F)c1C.[2H]c1c([2H])c([C@@H]2C[C@@]2([2H])Nc2nc(SCCC)nc3c2nnn3[C@]2([2H])C([2H])([2H])[C@]([2H])(OCC([2H])([2H])O)[C@@]([2H])(O)[C@@]2([2H])O)c([2H])c(F)c1C.[2H]c1c([2H])c([C@@H]2C[C@@]2([2H])Nc2nc(SCCC)nc3c2nnn3[C@]2([2H])C([2H])([2H])[C@]([2H])(OCCO)[C@@]([2H])(O)[C@@]2([2H])O)c([2H])c(F)c1C. The molecule has 8 aliphatic carbocycles. The first-order valence-corrected chi connectivity index (χ1v) is 48.3. The van der Waals surface area contributed by atoms with E-state index in [0.717, 1.165) is 47.0 Å². The van der Waals surface area contributed by atoms with Crippen LogP contribution in [0, 0.1) is 51.0 Å². The largest absolute Gasteiger partial charge is 0.394 e. The van der Waals surface area contributed by atoms with Crippen molar-refractivity contribution in [1.29, 1.82) is 0 Å². The number of nitrogens with zero attached hydrogens (tertiary/aromatic N) is 20. The normalized spacial score (nSPS) is 44.1. The van der Waals surface area contributed by atoms with Crippen LogP contribution in [0.2, 0.25) is 0 Å². The van der Waals surface area contributed by atoms with E-state index in [1.54, 1.807) is 6.92 Å². The molecule has 48 heteroatoms. The van der Waals surface area contributed by atoms with Gasteiger partial charge in [0.15, 0.2) is 88.6 Å². The summed E-state index contributed by atoms with van der Waals surface area (Å²) in [5.41, 5.74) is -5.86. The first-order valence-electron chi connectivity index (χ1n) is 67.9. The number of nitrogens with one attached hydrogen (secondary N) is 4. The average molecular weight is 2140 g/mol. The van der Waals surface area contributed by atoms with Crippen molar-refractivity contribution in [2.24, 2.45) is 0 Å². The lowest BCUT2D eigenvalue weighted by molar-refractivity contribution is -0.0629. The number of rotatable bonds is 40. The van der Waals surface area contributed by atoms with Gasteiger partial charge in [0, 0.05) is 107 Å². The standard InChI is InChI=1S/C25H33FN6O4S.3C24H31FN6O4S/c1-4-9-37-24-27-22(29-25(3)12-15(25)14-6-5-13(2)16(26)10-14)19-23(28-24)32(31-30-19)17-11-18(36-8-7-33)21(35)20(17)34;3*1-3-8-36-24-27-22(26-16-10-14(16)13-5-4-12(2)15(25)9-13)19-23(28-24)31(30-29-19)17-11-18(35-7-6-32)21(34)20(17)33/h5-6,10,15,17-18,20-21,33-35H,4,7-9,11-12H2,1-3H3,(H,27,28,29);3*4-5,9,14,16-18,20-21,32-34H,3,6-8,10-11H2,1-2H3,(H,26,27,28)/t15-,17+,18-,20-,21+,25+;3*14-,16+,17+,18-,20-,21+/m0000/s1/i5D,6D,8D2,10D,11D2,17D,18D,20D,21D;4D,5D,6D2,7D2,9D,11D2,16D,17D,18D,20D,21D;4D,5D,6D2,9D,11D2,16D,17D,18D,20D,21D;4D,5D,9D,11D2,16D,17D,18D,20D,21D. The summed E-state index contributed by atoms with van der Waals surface area (Å²) in [6.07, 6.45) is -60.7. The second-order valence-electron chi connectivity index (χ2n) is 32.7. The van der Waals surface area contributed by atoms with Gasteiger partial charge in [0.1, 0.15) is 71.9 Å². The number of aliphatic hydroxyl groups is 12. The summed E-state index contributed by atoms with van der Waals surface area (Å²) in [7, 11) is 0. The molecule has 40 nitrogen and oxygen atoms in total. The van der Waals surface area contributed by atoms with E-state index in [9.17, 15) is 78.8 Å². The Morgan fingerprint density at radius 3 is 1.01 bits per heavy atom. The third-order valence-corrected chi connectivity index (χ3v) is 26.3. The van der Waals surface area contributed by atoms with E-state index >= 15 is 0 Å². The molecule has 0 saturated heterocycles. The van der Waals surface area contributed by atoms with Gasteiger partial charge in [0.25, 0.3) is 0 Å². The number of thioether (sulfide) groups is 4. The zero-order valence-corrected chi connectivity index (χ0v) is 81.0. The molecule has 12 aromatic rings. The second kappa shape index (κ2) is 47.1. The molecule has 0 radical (unpaired) electrons. The third kappa shape index (κ3) is 23.9. The van der Waals surface area contributed by atoms with E-state index in [2.05, 4.69) is 107 Å². The van der Waals surface area contributed by atoms with Crippen molar-refractivity contribution in [3.8, 4) is 0 Å². The van der Waals surface area contributed by atoms with Crippen LogP contribution in [0.25, 0.3) is 44.7 Å². The van der Waals surface area contributed by atoms with Gasteiger partial charge in [0.05, 0.1) is 155 Å². The lowest BCUT2D eigenvalue weighted by Gasteiger charge is -2.18. The number of benzene rings is 4. The van der Waals surface area contributed by atoms with Gasteiger partial charge in [0.2, 0.25) is 0 Å². The van der Waals surface area contributed by atoms with Gasteiger partial charge in [-0.25, -0.2) is 76.2 Å². The number of halogens is 4. The van der Waals surface area contributed by atoms with Gasteiger partial charge in [-0.05, 0) is 155 Å². The molecule has 8 aliphatic rings. The van der Waals surface area contributed by atoms with E-state index in [0.29, 0.717) is 53.4 Å². The van der Waals surface area contributed by atoms with Gasteiger partial charge in [-0.2, -0.15) is 0 Å². The molecule has 4 aromatic carbocycles. The minimum atomic E-state index is -4.32. The van der Waals surface area contributed by atoms with Crippen molar-refractivity contribution < 1.29 is 162 Å². The summed E-state index contributed by atoms with van der Waals surface area (Å²) in [5.74, 6) is -6.60. The second-order valence-corrected chi connectivity index (χ2v) is 36.9. The minimum absolute atomic E-state index is 0.000396. The number of ether oxygens (including phenoxy) is 4. The van der Waals surface area contributed by atoms with Crippen LogP contribution in [0.5, 0.6) is 0 Å². The lowest BCUT2D eigenvalue weighted by atomic mass is 10.0. The fourth-order valence-corrected chi connectivity index (χ4v) is 17.0. The van der Waals surface area contributed by atoms with Crippen LogP contribution in [0.1, 0.15) is 268 Å². The van der Waals surface area contributed by atoms with Crippen LogP contribution in [0.15, 0.2) is 93.1 Å². The molecule has 24 atom stereocenters. The first kappa shape index (κ1) is 62.2. The molecular formula is C97H126F4N24O16S4. The maximum Gasteiger partial charge on any atom is 0.191 e. The highest BCUT2D eigenvalue weighted by molar-refractivity contribution is 7.99. The Labute approximate surface area is 916 Å². The smallest absolute Gasteiger partial charge is 0.191 e. The molecule has 145 heavy (non-hydrogen) atoms. The summed E-state index contributed by atoms with van der Waals surface area (Å²) in [6.45, 7) is -4.92. The molecule has 16 N–H and O–H groups in total. The Morgan fingerprint density at radius 1 is 0.400 bits per heavy atom. The van der Waals surface area contributed by atoms with Crippen LogP contribution >= 0.6 is 47.0 Å². The average Bonchev–Trinajstić information content (AvgIpc) is 1.39. The molecule has 8 aromatic heterocycles. The molecule has 20 rings (SSSR count). The van der Waals surface area contributed by atoms with Crippen LogP contribution in [-0.4, -0.2) is 333 Å². The van der Waals surface area contributed by atoms with E-state index < -0.39 is 334 Å². The maximum atomic E-state index is 14.8. The molecule has 8 fully saturated rings. The van der Waals surface area contributed by atoms with E-state index in [1.807, 2.05) is 27.7 Å². The van der Waals surface area contributed by atoms with Crippen LogP contribution < -0.4 is 21.3 Å². The summed E-state index contributed by atoms with van der Waals surface area (Å²) in [4.78, 5) is 34.6. The zero-order chi connectivity index (χ0) is 145. The number of hydrogen-bond donors (Lipinski definition) is 16. The third-order valence-electron chi connectivity index (χ3n) is 22.1. The van der Waals surface area contributed by atoms with Crippen molar-refractivity contribution in [2.75, 3.05) is 96.9 Å². The van der Waals surface area contributed by atoms with Crippen molar-refractivity contribution in [2.45, 2.75) is 304 Å². The molecule has 0 spiro atoms. The molecule has 0 aliphatic heterocycles. The predicted octanol–water partition coefficient (Wildman–Crippen LogP) is 9.12. The summed E-state index contributed by atoms with van der Waals surface area (Å²) >= 11 is 4.28. The number of aromatic nitrogens is 20. The molecule has 0 unspecified atom stereocenters. The Balaban J connectivity index is 0.000000167. The highest BCUT2D eigenvalue weighted by Gasteiger charge is 2.54. The van der Waals surface area contributed by atoms with Crippen molar-refractivity contribution in [3.05, 3.63) is 140 Å². The Morgan fingerprint density at radius 2 is 0.697 bits per heavy atom. The van der Waals surface area contributed by atoms with E-state index in [4.69, 9.17) is 78.6 Å². The van der Waals surface area contributed by atoms with Crippen LogP contribution in [-0.2, 0) is 18.9 Å². The quantitative estimate of drug-likeness (QED) is 0.00966. The van der Waals surface area contributed by atoms with Gasteiger partial charge < -0.3 is 101 Å². The summed E-state index contributed by atoms with van der Waals surface area (Å²) < 4.78 is 472. The van der Waals surface area contributed by atoms with Crippen LogP contribution in [0.3, 0.4) is 0 Å². The fourth-order valence-electron chi connectivity index (χ4n) is 14.3. The lowest BCUT2D eigenvalue weighted by Crippen LogP contribution is -2.33. The molecule has 0 amide bonds. The Hall–Kier alpha value is -9.52. The summed E-state index contributed by atoms with van der Waals surface area (Å²) in [5, 5.41) is 168. The molecule has 782 valence electrons. The van der Waals surface area contributed by atoms with E-state index in [1.165, 1.54) is 27.7 Å². The fraction of sp³-hybridized carbons (Fsp3) is 0.588. The predicted molar refractivity (Wildman–Crippen MR) is 535 cm³/mol. The van der Waals surface area contributed by atoms with Gasteiger partial charge in [-0.15, -0.1) is 20.4 Å². The van der Waals surface area contributed by atoms with Gasteiger partial charge >= 0.3 is 0 Å². The summed E-state index contributed by atoms with van der Waals surface area (Å²) in [6, 6.07) is -25.7. The van der Waals surface area contributed by atoms with E-state index in [-0.39, 0.29) is 157 Å². The Kier molecular flexibility index (Phi) is 20.2. The number of fused-ring (bicyclic) bond motifs is 4. The number of aliphatic hydroxyl groups excluding tert-OH is 2. The number of hydrogen-bond acceptors (Lipinski definition) is 40. The van der Waals surface area contributed by atoms with Gasteiger partial charge in [-0.1, -0.05) is 144 Å².